The Morgan fingerprint density at radius 3 is 0.706 bits per heavy atom. The van der Waals surface area contributed by atoms with Gasteiger partial charge in [0.25, 0.3) is 0 Å². The number of carbonyl (C=O) groups is 4. The molecule has 0 aliphatic rings. The maximum absolute atomic E-state index is 9.10. The number of aliphatic carboxylic acids is 4. The molecule has 0 heterocycles. The second kappa shape index (κ2) is 14.6. The summed E-state index contributed by atoms with van der Waals surface area (Å²) in [4.78, 5) is 36.4. The molecule has 0 aliphatic heterocycles. The fourth-order valence-corrected chi connectivity index (χ4v) is 0. The van der Waals surface area contributed by atoms with Crippen molar-refractivity contribution in [3.8, 4) is 0 Å². The van der Waals surface area contributed by atoms with E-state index in [9.17, 15) is 0 Å². The maximum Gasteiger partial charge on any atom is 2.00 e. The summed E-state index contributed by atoms with van der Waals surface area (Å²) in [6.45, 7) is 0. The number of hydrogen-bond donors (Lipinski definition) is 7. The molecule has 96 valence electrons. The van der Waals surface area contributed by atoms with Crippen molar-refractivity contribution in [3.63, 3.8) is 0 Å². The van der Waals surface area contributed by atoms with Gasteiger partial charge in [0.15, 0.2) is 0 Å². The van der Waals surface area contributed by atoms with Crippen molar-refractivity contribution < 1.29 is 57.5 Å². The predicted octanol–water partition coefficient (Wildman–Crippen LogP) is -3.90. The van der Waals surface area contributed by atoms with Crippen LogP contribution in [-0.2, 0) is 19.2 Å². The summed E-state index contributed by atoms with van der Waals surface area (Å²) in [5.74, 6) is -7.30. The summed E-state index contributed by atoms with van der Waals surface area (Å²) in [5.41, 5.74) is 0. The summed E-state index contributed by atoms with van der Waals surface area (Å²) in [6.07, 6.45) is 0. The van der Waals surface area contributed by atoms with E-state index in [1.165, 1.54) is 0 Å². The average Bonchev–Trinajstić information content (AvgIpc) is 2.03. The third-order valence-corrected chi connectivity index (χ3v) is 0.366. The van der Waals surface area contributed by atoms with Crippen molar-refractivity contribution in [2.75, 3.05) is 0 Å². The first kappa shape index (κ1) is 24.7. The quantitative estimate of drug-likeness (QED) is 0.166. The second-order valence-electron chi connectivity index (χ2n) is 1.57. The molecule has 0 atom stereocenters. The van der Waals surface area contributed by atoms with E-state index < -0.39 is 31.2 Å². The van der Waals surface area contributed by atoms with E-state index in [0.29, 0.717) is 0 Å². The molecule has 13 heteroatoms. The van der Waals surface area contributed by atoms with Crippen LogP contribution in [0.1, 0.15) is 2.85 Å². The van der Waals surface area contributed by atoms with Gasteiger partial charge in [-0.3, -0.25) is 0 Å². The second-order valence-corrected chi connectivity index (χ2v) is 1.57. The van der Waals surface area contributed by atoms with Crippen LogP contribution in [0.4, 0.5) is 0 Å². The van der Waals surface area contributed by atoms with Crippen LogP contribution in [-0.4, -0.2) is 89.7 Å². The Bertz CT molecular complexity index is 221. The van der Waals surface area contributed by atoms with Gasteiger partial charge in [0.05, 0.1) is 0 Å². The molecule has 0 saturated heterocycles. The van der Waals surface area contributed by atoms with Crippen LogP contribution in [0.25, 0.3) is 0 Å². The fourth-order valence-electron chi connectivity index (χ4n) is 0. The van der Waals surface area contributed by atoms with Gasteiger partial charge in [-0.1, -0.05) is 0 Å². The van der Waals surface area contributed by atoms with Crippen LogP contribution in [0.2, 0.25) is 0 Å². The molecule has 0 aliphatic carbocycles. The van der Waals surface area contributed by atoms with Crippen molar-refractivity contribution >= 4 is 54.3 Å². The Balaban J connectivity index is -0.0000000315. The maximum atomic E-state index is 9.10. The molecule has 0 spiro atoms. The molecule has 11 nitrogen and oxygen atoms in total. The van der Waals surface area contributed by atoms with E-state index >= 15 is 0 Å². The molecular formula is C4H9BMgO11. The monoisotopic (exact) mass is 268 g/mol. The van der Waals surface area contributed by atoms with Crippen LogP contribution < -0.4 is 0 Å². The third kappa shape index (κ3) is 53.2. The van der Waals surface area contributed by atoms with Crippen LogP contribution in [0.15, 0.2) is 0 Å². The number of carboxylic acid groups (broad SMARTS) is 4. The van der Waals surface area contributed by atoms with E-state index in [4.69, 9.17) is 54.7 Å². The molecule has 0 bridgehead atoms. The minimum Gasteiger partial charge on any atom is -1.00 e. The average molecular weight is 268 g/mol. The molecule has 17 heavy (non-hydrogen) atoms. The van der Waals surface area contributed by atoms with E-state index in [-0.39, 0.29) is 25.9 Å². The Hall–Kier alpha value is -1.41. The molecular weight excluding hydrogens is 259 g/mol. The third-order valence-electron chi connectivity index (χ3n) is 0.366. The van der Waals surface area contributed by atoms with Gasteiger partial charge in [0.2, 0.25) is 0 Å². The van der Waals surface area contributed by atoms with Gasteiger partial charge in [-0.05, 0) is 0 Å². The molecule has 0 rings (SSSR count). The number of carboxylic acids is 4. The largest absolute Gasteiger partial charge is 2.00 e. The van der Waals surface area contributed by atoms with Crippen LogP contribution in [0.3, 0.4) is 0 Å². The number of hydrogen-bond acceptors (Lipinski definition) is 7. The first-order valence-corrected chi connectivity index (χ1v) is 2.99. The standard InChI is InChI=1S/2C2H2O4.BH3O3.Mg.2H/c2*3-1(4)2(5)6;2-1(3)4;;;/h2*(H,3,4)(H,5,6);2-4H;;;/q;;;+2;2*-1. The van der Waals surface area contributed by atoms with Crippen molar-refractivity contribution in [1.29, 1.82) is 0 Å². The first-order valence-electron chi connectivity index (χ1n) is 2.99. The molecule has 0 aromatic heterocycles. The predicted molar refractivity (Wildman–Crippen MR) is 50.9 cm³/mol. The zero-order chi connectivity index (χ0) is 13.9. The normalized spacial score (nSPS) is 6.76. The SMILES string of the molecule is O=C(O)C(=O)O.O=C(O)C(=O)O.OB(O)O.[H-].[H-].[Mg+2]. The Labute approximate surface area is 112 Å². The molecule has 0 unspecified atom stereocenters. The molecule has 0 saturated carbocycles. The first-order chi connectivity index (χ1) is 7.02. The van der Waals surface area contributed by atoms with Gasteiger partial charge in [0, 0.05) is 0 Å². The summed E-state index contributed by atoms with van der Waals surface area (Å²) < 4.78 is 0. The van der Waals surface area contributed by atoms with Gasteiger partial charge < -0.3 is 38.4 Å². The van der Waals surface area contributed by atoms with Crippen LogP contribution >= 0.6 is 0 Å². The zero-order valence-electron chi connectivity index (χ0n) is 10.0. The van der Waals surface area contributed by atoms with E-state index in [1.807, 2.05) is 0 Å². The summed E-state index contributed by atoms with van der Waals surface area (Å²) >= 11 is 0. The van der Waals surface area contributed by atoms with E-state index in [0.717, 1.165) is 0 Å². The summed E-state index contributed by atoms with van der Waals surface area (Å²) in [7, 11) is -2.17. The van der Waals surface area contributed by atoms with E-state index in [2.05, 4.69) is 0 Å². The zero-order valence-corrected chi connectivity index (χ0v) is 9.46. The van der Waals surface area contributed by atoms with Crippen molar-refractivity contribution in [2.24, 2.45) is 0 Å². The van der Waals surface area contributed by atoms with Gasteiger partial charge in [-0.15, -0.1) is 0 Å². The molecule has 7 N–H and O–H groups in total. The van der Waals surface area contributed by atoms with Crippen LogP contribution in [0.5, 0.6) is 0 Å². The van der Waals surface area contributed by atoms with Gasteiger partial charge in [0.1, 0.15) is 0 Å². The van der Waals surface area contributed by atoms with Gasteiger partial charge >= 0.3 is 54.3 Å². The Morgan fingerprint density at radius 2 is 0.706 bits per heavy atom. The molecule has 0 radical (unpaired) electrons. The summed E-state index contributed by atoms with van der Waals surface area (Å²) in [6, 6.07) is 0. The van der Waals surface area contributed by atoms with Crippen LogP contribution in [0, 0.1) is 0 Å². The molecule has 0 fully saturated rings. The topological polar surface area (TPSA) is 210 Å². The minimum atomic E-state index is -2.17. The van der Waals surface area contributed by atoms with Crippen molar-refractivity contribution in [2.45, 2.75) is 0 Å². The Morgan fingerprint density at radius 1 is 0.647 bits per heavy atom. The fraction of sp³-hybridized carbons (Fsp3) is 0. The molecule has 0 amide bonds. The minimum absolute atomic E-state index is 0. The molecule has 0 aromatic rings. The smallest absolute Gasteiger partial charge is 1.00 e. The summed E-state index contributed by atoms with van der Waals surface area (Å²) in [5, 5.41) is 51.1. The Kier molecular flexibility index (Phi) is 21.2. The van der Waals surface area contributed by atoms with Gasteiger partial charge in [-0.25, -0.2) is 19.2 Å². The van der Waals surface area contributed by atoms with Crippen molar-refractivity contribution in [3.05, 3.63) is 0 Å². The molecule has 0 aromatic carbocycles. The van der Waals surface area contributed by atoms with Crippen molar-refractivity contribution in [1.82, 2.24) is 0 Å². The van der Waals surface area contributed by atoms with E-state index in [1.54, 1.807) is 0 Å². The van der Waals surface area contributed by atoms with Gasteiger partial charge in [-0.2, -0.15) is 0 Å². The number of rotatable bonds is 0.